The summed E-state index contributed by atoms with van der Waals surface area (Å²) in [4.78, 5) is 15.9. The van der Waals surface area contributed by atoms with E-state index in [1.165, 1.54) is 7.11 Å². The summed E-state index contributed by atoms with van der Waals surface area (Å²) in [6, 6.07) is 7.34. The van der Waals surface area contributed by atoms with Crippen LogP contribution in [0.4, 0.5) is 0 Å². The molecule has 2 rings (SSSR count). The minimum absolute atomic E-state index is 0.0482. The summed E-state index contributed by atoms with van der Waals surface area (Å²) in [5.74, 6) is 0.656. The molecule has 1 aromatic carbocycles. The number of aromatic nitrogens is 2. The second kappa shape index (κ2) is 7.75. The lowest BCUT2D eigenvalue weighted by molar-refractivity contribution is 0.0600. The van der Waals surface area contributed by atoms with E-state index in [-0.39, 0.29) is 12.6 Å². The molecular weight excluding hydrogens is 280 g/mol. The first-order valence-corrected chi connectivity index (χ1v) is 7.51. The number of benzene rings is 1. The lowest BCUT2D eigenvalue weighted by Crippen LogP contribution is -2.05. The van der Waals surface area contributed by atoms with E-state index in [4.69, 9.17) is 4.74 Å². The molecule has 1 N–H and O–H groups in total. The average molecular weight is 302 g/mol. The highest BCUT2D eigenvalue weighted by molar-refractivity contribution is 5.89. The Bertz CT molecular complexity index is 617. The van der Waals surface area contributed by atoms with Crippen LogP contribution >= 0.6 is 0 Å². The smallest absolute Gasteiger partial charge is 0.337 e. The van der Waals surface area contributed by atoms with Gasteiger partial charge in [0, 0.05) is 19.2 Å². The molecule has 0 saturated heterocycles. The summed E-state index contributed by atoms with van der Waals surface area (Å²) in [6.07, 6.45) is 4.97. The van der Waals surface area contributed by atoms with Crippen LogP contribution in [0, 0.1) is 0 Å². The number of unbranched alkanes of at least 4 members (excludes halogenated alkanes) is 1. The third-order valence-electron chi connectivity index (χ3n) is 3.55. The summed E-state index contributed by atoms with van der Waals surface area (Å²) in [6.45, 7) is 2.77. The van der Waals surface area contributed by atoms with Crippen molar-refractivity contribution < 1.29 is 14.6 Å². The molecule has 0 bridgehead atoms. The number of rotatable bonds is 7. The summed E-state index contributed by atoms with van der Waals surface area (Å²) in [5, 5.41) is 9.26. The molecule has 0 aliphatic carbocycles. The molecule has 0 atom stereocenters. The fourth-order valence-corrected chi connectivity index (χ4v) is 2.32. The zero-order chi connectivity index (χ0) is 15.9. The van der Waals surface area contributed by atoms with Gasteiger partial charge in [0.25, 0.3) is 0 Å². The molecule has 0 fully saturated rings. The number of ether oxygens (including phenoxy) is 1. The molecule has 5 nitrogen and oxygen atoms in total. The lowest BCUT2D eigenvalue weighted by Gasteiger charge is -2.08. The zero-order valence-corrected chi connectivity index (χ0v) is 13.1. The van der Waals surface area contributed by atoms with Gasteiger partial charge in [-0.05, 0) is 24.1 Å². The topological polar surface area (TPSA) is 64.4 Å². The van der Waals surface area contributed by atoms with Gasteiger partial charge in [0.15, 0.2) is 0 Å². The maximum atomic E-state index is 11.4. The molecule has 0 saturated carbocycles. The Morgan fingerprint density at radius 1 is 1.32 bits per heavy atom. The van der Waals surface area contributed by atoms with Crippen molar-refractivity contribution in [3.8, 4) is 0 Å². The van der Waals surface area contributed by atoms with Gasteiger partial charge in [-0.2, -0.15) is 0 Å². The molecule has 0 spiro atoms. The summed E-state index contributed by atoms with van der Waals surface area (Å²) in [5.41, 5.74) is 2.31. The van der Waals surface area contributed by atoms with E-state index in [0.717, 1.165) is 30.7 Å². The van der Waals surface area contributed by atoms with Crippen molar-refractivity contribution in [2.24, 2.45) is 0 Å². The quantitative estimate of drug-likeness (QED) is 0.798. The molecule has 1 heterocycles. The van der Waals surface area contributed by atoms with Crippen LogP contribution in [0.2, 0.25) is 0 Å². The van der Waals surface area contributed by atoms with E-state index in [1.54, 1.807) is 12.1 Å². The minimum Gasteiger partial charge on any atom is -0.465 e. The van der Waals surface area contributed by atoms with Gasteiger partial charge < -0.3 is 14.4 Å². The predicted molar refractivity (Wildman–Crippen MR) is 83.6 cm³/mol. The van der Waals surface area contributed by atoms with Crippen molar-refractivity contribution in [3.63, 3.8) is 0 Å². The lowest BCUT2D eigenvalue weighted by atomic mass is 10.1. The zero-order valence-electron chi connectivity index (χ0n) is 13.1. The highest BCUT2D eigenvalue weighted by atomic mass is 16.5. The Balaban J connectivity index is 2.15. The van der Waals surface area contributed by atoms with E-state index in [2.05, 4.69) is 16.5 Å². The monoisotopic (exact) mass is 302 g/mol. The molecule has 22 heavy (non-hydrogen) atoms. The van der Waals surface area contributed by atoms with Gasteiger partial charge in [-0.3, -0.25) is 0 Å². The van der Waals surface area contributed by atoms with Crippen LogP contribution in [0.1, 0.15) is 47.2 Å². The fraction of sp³-hybridized carbons (Fsp3) is 0.412. The highest BCUT2D eigenvalue weighted by Gasteiger charge is 2.09. The number of hydrogen-bond donors (Lipinski definition) is 1. The van der Waals surface area contributed by atoms with Crippen LogP contribution < -0.4 is 0 Å². The van der Waals surface area contributed by atoms with E-state index in [1.807, 2.05) is 18.3 Å². The second-order valence-electron chi connectivity index (χ2n) is 5.23. The number of aryl methyl sites for hydroxylation is 1. The van der Waals surface area contributed by atoms with Gasteiger partial charge in [-0.25, -0.2) is 9.78 Å². The first-order valence-electron chi connectivity index (χ1n) is 7.51. The number of hydrogen-bond acceptors (Lipinski definition) is 4. The van der Waals surface area contributed by atoms with Gasteiger partial charge in [-0.1, -0.05) is 25.5 Å². The predicted octanol–water partition coefficient (Wildman–Crippen LogP) is 2.55. The normalized spacial score (nSPS) is 10.7. The van der Waals surface area contributed by atoms with Gasteiger partial charge in [0.2, 0.25) is 0 Å². The molecule has 2 aromatic rings. The average Bonchev–Trinajstić information content (AvgIpc) is 2.95. The first-order chi connectivity index (χ1) is 10.7. The number of esters is 1. The fourth-order valence-electron chi connectivity index (χ4n) is 2.32. The van der Waals surface area contributed by atoms with Crippen LogP contribution in [-0.4, -0.2) is 27.7 Å². The molecule has 0 unspecified atom stereocenters. The Hall–Kier alpha value is -2.14. The number of imidazole rings is 1. The van der Waals surface area contributed by atoms with E-state index in [9.17, 15) is 9.90 Å². The SMILES string of the molecule is CCCCc1nc(CO)cn1Cc1ccc(C(=O)OC)cc1. The van der Waals surface area contributed by atoms with Crippen LogP contribution in [0.3, 0.4) is 0 Å². The third kappa shape index (κ3) is 3.95. The van der Waals surface area contributed by atoms with Gasteiger partial charge in [0.1, 0.15) is 5.82 Å². The van der Waals surface area contributed by atoms with Crippen molar-refractivity contribution in [2.45, 2.75) is 39.3 Å². The highest BCUT2D eigenvalue weighted by Crippen LogP contribution is 2.12. The van der Waals surface area contributed by atoms with Gasteiger partial charge in [-0.15, -0.1) is 0 Å². The van der Waals surface area contributed by atoms with E-state index in [0.29, 0.717) is 17.8 Å². The Morgan fingerprint density at radius 2 is 2.05 bits per heavy atom. The number of aliphatic hydroxyl groups is 1. The largest absolute Gasteiger partial charge is 0.465 e. The van der Waals surface area contributed by atoms with Crippen LogP contribution in [-0.2, 0) is 24.3 Å². The van der Waals surface area contributed by atoms with Crippen molar-refractivity contribution in [2.75, 3.05) is 7.11 Å². The molecule has 0 radical (unpaired) electrons. The molecule has 0 aliphatic heterocycles. The maximum Gasteiger partial charge on any atom is 0.337 e. The van der Waals surface area contributed by atoms with Crippen LogP contribution in [0.15, 0.2) is 30.5 Å². The Kier molecular flexibility index (Phi) is 5.72. The third-order valence-corrected chi connectivity index (χ3v) is 3.55. The number of carbonyl (C=O) groups excluding carboxylic acids is 1. The van der Waals surface area contributed by atoms with E-state index < -0.39 is 0 Å². The Labute approximate surface area is 130 Å². The van der Waals surface area contributed by atoms with Crippen LogP contribution in [0.25, 0.3) is 0 Å². The van der Waals surface area contributed by atoms with Crippen LogP contribution in [0.5, 0.6) is 0 Å². The number of carbonyl (C=O) groups is 1. The van der Waals surface area contributed by atoms with Gasteiger partial charge in [0.05, 0.1) is 25.0 Å². The molecule has 5 heteroatoms. The Morgan fingerprint density at radius 3 is 2.64 bits per heavy atom. The molecule has 1 aromatic heterocycles. The maximum absolute atomic E-state index is 11.4. The number of nitrogens with zero attached hydrogens (tertiary/aromatic N) is 2. The van der Waals surface area contributed by atoms with E-state index >= 15 is 0 Å². The summed E-state index contributed by atoms with van der Waals surface area (Å²) < 4.78 is 6.76. The van der Waals surface area contributed by atoms with Crippen molar-refractivity contribution in [1.82, 2.24) is 9.55 Å². The second-order valence-corrected chi connectivity index (χ2v) is 5.23. The first kappa shape index (κ1) is 16.2. The van der Waals surface area contributed by atoms with Crippen molar-refractivity contribution in [3.05, 3.63) is 53.1 Å². The van der Waals surface area contributed by atoms with Gasteiger partial charge >= 0.3 is 5.97 Å². The van der Waals surface area contributed by atoms with Crippen molar-refractivity contribution in [1.29, 1.82) is 0 Å². The molecule has 118 valence electrons. The summed E-state index contributed by atoms with van der Waals surface area (Å²) >= 11 is 0. The number of methoxy groups -OCH3 is 1. The minimum atomic E-state index is -0.333. The van der Waals surface area contributed by atoms with Crippen molar-refractivity contribution >= 4 is 5.97 Å². The molecule has 0 amide bonds. The molecule has 0 aliphatic rings. The standard InChI is InChI=1S/C17H22N2O3/c1-3-4-5-16-18-15(12-20)11-19(16)10-13-6-8-14(9-7-13)17(21)22-2/h6-9,11,20H,3-5,10,12H2,1-2H3. The number of aliphatic hydroxyl groups excluding tert-OH is 1. The molecular formula is C17H22N2O3. The summed E-state index contributed by atoms with van der Waals surface area (Å²) in [7, 11) is 1.37.